The maximum atomic E-state index is 13.8. The quantitative estimate of drug-likeness (QED) is 0.289. The fourth-order valence-corrected chi connectivity index (χ4v) is 5.55. The van der Waals surface area contributed by atoms with Crippen LogP contribution in [0.1, 0.15) is 47.9 Å². The number of nitro benzene ring substituents is 1. The topological polar surface area (TPSA) is 159 Å². The van der Waals surface area contributed by atoms with Crippen LogP contribution < -0.4 is 5.32 Å². The van der Waals surface area contributed by atoms with Crippen molar-refractivity contribution in [2.24, 2.45) is 0 Å². The molecule has 2 aliphatic heterocycles. The number of fused-ring (bicyclic) bond motifs is 1. The van der Waals surface area contributed by atoms with Gasteiger partial charge >= 0.3 is 18.0 Å². The van der Waals surface area contributed by atoms with Gasteiger partial charge in [-0.2, -0.15) is 5.06 Å². The molecule has 2 amide bonds. The van der Waals surface area contributed by atoms with Gasteiger partial charge in [-0.1, -0.05) is 48.5 Å². The van der Waals surface area contributed by atoms with E-state index in [1.165, 1.54) is 24.3 Å². The van der Waals surface area contributed by atoms with Crippen molar-refractivity contribution in [1.29, 1.82) is 0 Å². The summed E-state index contributed by atoms with van der Waals surface area (Å²) in [5.41, 5.74) is 0.107. The minimum absolute atomic E-state index is 0.0148. The summed E-state index contributed by atoms with van der Waals surface area (Å²) in [4.78, 5) is 54.1. The number of hydrogen-bond acceptors (Lipinski definition) is 6. The first-order valence-electron chi connectivity index (χ1n) is 11.9. The minimum Gasteiger partial charge on any atom is -0.481 e. The Labute approximate surface area is 216 Å². The first kappa shape index (κ1) is 24.9. The minimum atomic E-state index is -1.33. The molecule has 2 bridgehead atoms. The third kappa shape index (κ3) is 3.84. The van der Waals surface area contributed by atoms with Gasteiger partial charge < -0.3 is 15.5 Å². The number of carbonyl (C=O) groups is 3. The molecule has 3 aromatic carbocycles. The number of carbonyl (C=O) groups excluding carboxylic acids is 1. The highest BCUT2D eigenvalue weighted by molar-refractivity contribution is 5.90. The zero-order valence-electron chi connectivity index (χ0n) is 20.0. The molecule has 0 saturated carbocycles. The third-order valence-corrected chi connectivity index (χ3v) is 7.11. The molecule has 194 valence electrons. The monoisotopic (exact) mass is 517 g/mol. The summed E-state index contributed by atoms with van der Waals surface area (Å²) >= 11 is 0. The molecule has 0 unspecified atom stereocenters. The molecular formula is C27H23N3O8. The van der Waals surface area contributed by atoms with E-state index in [1.54, 1.807) is 36.4 Å². The number of rotatable bonds is 8. The predicted molar refractivity (Wildman–Crippen MR) is 133 cm³/mol. The van der Waals surface area contributed by atoms with Crippen LogP contribution in [0, 0.1) is 10.1 Å². The average Bonchev–Trinajstić information content (AvgIpc) is 2.91. The summed E-state index contributed by atoms with van der Waals surface area (Å²) in [6.45, 7) is 0. The first-order chi connectivity index (χ1) is 18.2. The van der Waals surface area contributed by atoms with Gasteiger partial charge in [-0.25, -0.2) is 4.79 Å². The highest BCUT2D eigenvalue weighted by Crippen LogP contribution is 2.60. The maximum absolute atomic E-state index is 13.8. The maximum Gasteiger partial charge on any atom is 0.347 e. The average molecular weight is 517 g/mol. The Morgan fingerprint density at radius 2 is 1.32 bits per heavy atom. The molecular weight excluding hydrogens is 494 g/mol. The van der Waals surface area contributed by atoms with Crippen molar-refractivity contribution >= 4 is 29.3 Å². The fourth-order valence-electron chi connectivity index (χ4n) is 5.55. The van der Waals surface area contributed by atoms with Crippen molar-refractivity contribution in [2.45, 2.75) is 36.8 Å². The standard InChI is InChI=1S/C27H23N3O8/c31-23(32)13-15-26-19-5-1-3-7-21(19)27(16-14-24(33)34,22-8-4-2-6-20(22)26)38-29(26)25(35)28-17-9-11-18(12-10-17)30(36)37/h1-12H,13-16H2,(H,28,35)(H,31,32)(H,33,34). The SMILES string of the molecule is O=C(O)CCC12ON(C(=O)Nc3ccc([N+](=O)[O-])cc3)C(CCC(=O)O)(c3ccccc31)c1ccccc12. The number of amides is 2. The first-order valence-corrected chi connectivity index (χ1v) is 11.9. The Bertz CT molecular complexity index is 1410. The highest BCUT2D eigenvalue weighted by atomic mass is 16.7. The van der Waals surface area contributed by atoms with E-state index in [0.29, 0.717) is 22.3 Å². The van der Waals surface area contributed by atoms with Crippen LogP contribution in [0.25, 0.3) is 0 Å². The molecule has 11 heteroatoms. The van der Waals surface area contributed by atoms with E-state index in [9.17, 15) is 34.7 Å². The van der Waals surface area contributed by atoms with E-state index in [0.717, 1.165) is 5.06 Å². The normalized spacial score (nSPS) is 20.8. The van der Waals surface area contributed by atoms with Crippen LogP contribution in [0.2, 0.25) is 0 Å². The molecule has 0 radical (unpaired) electrons. The van der Waals surface area contributed by atoms with Crippen molar-refractivity contribution in [3.05, 3.63) is 105 Å². The van der Waals surface area contributed by atoms with Crippen LogP contribution >= 0.6 is 0 Å². The van der Waals surface area contributed by atoms with Gasteiger partial charge in [0.1, 0.15) is 11.1 Å². The van der Waals surface area contributed by atoms with E-state index >= 15 is 0 Å². The lowest BCUT2D eigenvalue weighted by Crippen LogP contribution is -2.64. The molecule has 0 spiro atoms. The Morgan fingerprint density at radius 1 is 0.816 bits per heavy atom. The third-order valence-electron chi connectivity index (χ3n) is 7.11. The number of carboxylic acids is 2. The van der Waals surface area contributed by atoms with Crippen LogP contribution in [-0.4, -0.2) is 38.2 Å². The molecule has 6 rings (SSSR count). The van der Waals surface area contributed by atoms with Crippen molar-refractivity contribution < 1.29 is 34.4 Å². The molecule has 3 N–H and O–H groups in total. The fraction of sp³-hybridized carbons (Fsp3) is 0.222. The summed E-state index contributed by atoms with van der Waals surface area (Å²) in [7, 11) is 0. The van der Waals surface area contributed by atoms with E-state index in [1.807, 2.05) is 12.1 Å². The van der Waals surface area contributed by atoms with Crippen LogP contribution in [0.4, 0.5) is 16.2 Å². The molecule has 2 heterocycles. The van der Waals surface area contributed by atoms with Crippen LogP contribution in [0.15, 0.2) is 72.8 Å². The predicted octanol–water partition coefficient (Wildman–Crippen LogP) is 4.60. The van der Waals surface area contributed by atoms with E-state index in [2.05, 4.69) is 5.32 Å². The largest absolute Gasteiger partial charge is 0.481 e. The number of nitrogens with zero attached hydrogens (tertiary/aromatic N) is 2. The number of benzene rings is 3. The Balaban J connectivity index is 1.68. The van der Waals surface area contributed by atoms with Crippen molar-refractivity contribution in [3.8, 4) is 0 Å². The zero-order valence-corrected chi connectivity index (χ0v) is 20.0. The summed E-state index contributed by atoms with van der Waals surface area (Å²) in [6.07, 6.45) is -0.524. The summed E-state index contributed by atoms with van der Waals surface area (Å²) in [6, 6.07) is 18.9. The number of hydrogen-bond donors (Lipinski definition) is 3. The molecule has 0 aromatic heterocycles. The highest BCUT2D eigenvalue weighted by Gasteiger charge is 2.62. The summed E-state index contributed by atoms with van der Waals surface area (Å²) in [5, 5.41) is 34.0. The van der Waals surface area contributed by atoms with Gasteiger partial charge in [-0.3, -0.25) is 24.5 Å². The van der Waals surface area contributed by atoms with E-state index in [4.69, 9.17) is 4.84 Å². The lowest BCUT2D eigenvalue weighted by atomic mass is 9.61. The van der Waals surface area contributed by atoms with Crippen LogP contribution in [0.5, 0.6) is 0 Å². The Morgan fingerprint density at radius 3 is 1.82 bits per heavy atom. The van der Waals surface area contributed by atoms with Crippen LogP contribution in [0.3, 0.4) is 0 Å². The van der Waals surface area contributed by atoms with Crippen LogP contribution in [-0.2, 0) is 25.6 Å². The second-order valence-electron chi connectivity index (χ2n) is 9.19. The van der Waals surface area contributed by atoms with Crippen molar-refractivity contribution in [1.82, 2.24) is 5.06 Å². The molecule has 3 aromatic rings. The summed E-state index contributed by atoms with van der Waals surface area (Å²) < 4.78 is 0. The molecule has 0 atom stereocenters. The lowest BCUT2D eigenvalue weighted by Gasteiger charge is -2.59. The number of nitro groups is 1. The molecule has 0 fully saturated rings. The van der Waals surface area contributed by atoms with Crippen molar-refractivity contribution in [3.63, 3.8) is 0 Å². The molecule has 1 aliphatic carbocycles. The lowest BCUT2D eigenvalue weighted by molar-refractivity contribution is -0.384. The summed E-state index contributed by atoms with van der Waals surface area (Å²) in [5.74, 6) is -2.09. The van der Waals surface area contributed by atoms with Gasteiger partial charge in [0.25, 0.3) is 5.69 Å². The zero-order chi connectivity index (χ0) is 27.1. The van der Waals surface area contributed by atoms with Gasteiger partial charge in [0.05, 0.1) is 4.92 Å². The van der Waals surface area contributed by atoms with Gasteiger partial charge in [-0.05, 0) is 47.2 Å². The second-order valence-corrected chi connectivity index (χ2v) is 9.19. The number of aliphatic carboxylic acids is 2. The molecule has 38 heavy (non-hydrogen) atoms. The van der Waals surface area contributed by atoms with E-state index < -0.39 is 34.0 Å². The molecule has 3 aliphatic rings. The van der Waals surface area contributed by atoms with E-state index in [-0.39, 0.29) is 37.1 Å². The van der Waals surface area contributed by atoms with Gasteiger partial charge in [0.15, 0.2) is 0 Å². The number of hydroxylamine groups is 2. The number of urea groups is 1. The Kier molecular flexibility index (Phi) is 6.08. The smallest absolute Gasteiger partial charge is 0.347 e. The number of carboxylic acid groups (broad SMARTS) is 2. The number of non-ortho nitro benzene ring substituents is 1. The van der Waals surface area contributed by atoms with Gasteiger partial charge in [0.2, 0.25) is 0 Å². The molecule has 11 nitrogen and oxygen atoms in total. The number of anilines is 1. The van der Waals surface area contributed by atoms with Crippen molar-refractivity contribution in [2.75, 3.05) is 5.32 Å². The number of nitrogens with one attached hydrogen (secondary N) is 1. The molecule has 0 saturated heterocycles. The Hall–Kier alpha value is -4.77. The van der Waals surface area contributed by atoms with Gasteiger partial charge in [0, 0.05) is 30.7 Å². The second kappa shape index (κ2) is 9.27. The van der Waals surface area contributed by atoms with Gasteiger partial charge in [-0.15, -0.1) is 0 Å².